The van der Waals surface area contributed by atoms with Crippen LogP contribution in [0.4, 0.5) is 0 Å². The second kappa shape index (κ2) is 15.0. The van der Waals surface area contributed by atoms with E-state index >= 15 is 0 Å². The highest BCUT2D eigenvalue weighted by Crippen LogP contribution is 2.21. The molecule has 0 fully saturated rings. The Morgan fingerprint density at radius 3 is 1.80 bits per heavy atom. The molecule has 30 heavy (non-hydrogen) atoms. The Balaban J connectivity index is 2.90. The maximum atomic E-state index is 12.9. The fraction of sp³-hybridized carbons (Fsp3) is 0.692. The summed E-state index contributed by atoms with van der Waals surface area (Å²) in [7, 11) is 0. The Kier molecular flexibility index (Phi) is 13.1. The van der Waals surface area contributed by atoms with Crippen molar-refractivity contribution in [3.8, 4) is 0 Å². The molecule has 0 amide bonds. The zero-order valence-corrected chi connectivity index (χ0v) is 19.8. The van der Waals surface area contributed by atoms with E-state index in [-0.39, 0.29) is 0 Å². The molecule has 0 aliphatic heterocycles. The Bertz CT molecular complexity index is 638. The van der Waals surface area contributed by atoms with Crippen LogP contribution in [0.15, 0.2) is 18.2 Å². The molecule has 2 unspecified atom stereocenters. The van der Waals surface area contributed by atoms with Crippen molar-refractivity contribution in [3.05, 3.63) is 34.9 Å². The van der Waals surface area contributed by atoms with Crippen LogP contribution in [0.25, 0.3) is 0 Å². The lowest BCUT2D eigenvalue weighted by Gasteiger charge is -2.18. The van der Waals surface area contributed by atoms with Gasteiger partial charge in [0.25, 0.3) is 0 Å². The van der Waals surface area contributed by atoms with E-state index in [1.165, 1.54) is 0 Å². The number of carbonyl (C=O) groups excluding carboxylic acids is 2. The van der Waals surface area contributed by atoms with Gasteiger partial charge in [0, 0.05) is 0 Å². The van der Waals surface area contributed by atoms with E-state index in [1.807, 2.05) is 19.1 Å². The number of aryl methyl sites for hydroxylation is 1. The molecule has 0 bridgehead atoms. The van der Waals surface area contributed by atoms with Crippen LogP contribution in [0.2, 0.25) is 0 Å². The molecule has 1 aromatic rings. The number of ether oxygens (including phenoxy) is 2. The monoisotopic (exact) mass is 418 g/mol. The Hall–Kier alpha value is -1.84. The summed E-state index contributed by atoms with van der Waals surface area (Å²) in [5.74, 6) is -0.109. The van der Waals surface area contributed by atoms with Crippen LogP contribution >= 0.6 is 0 Å². The van der Waals surface area contributed by atoms with Crippen molar-refractivity contribution >= 4 is 11.9 Å². The minimum Gasteiger partial charge on any atom is -0.462 e. The molecule has 2 atom stereocenters. The van der Waals surface area contributed by atoms with Crippen molar-refractivity contribution in [3.63, 3.8) is 0 Å². The quantitative estimate of drug-likeness (QED) is 0.288. The lowest BCUT2D eigenvalue weighted by molar-refractivity contribution is 0.0380. The number of rotatable bonds is 15. The molecule has 170 valence electrons. The zero-order valence-electron chi connectivity index (χ0n) is 19.8. The van der Waals surface area contributed by atoms with Gasteiger partial charge in [-0.25, -0.2) is 9.59 Å². The standard InChI is InChI=1S/C26H42O4/c1-6-11-14-20(8-3)18-29-25(27)23-17-13-16-22(10-5)24(23)26(28)30-19-21(9-4)15-12-7-2/h13,16-17,20-21H,6-12,14-15,18-19H2,1-5H3. The summed E-state index contributed by atoms with van der Waals surface area (Å²) in [5.41, 5.74) is 1.53. The third-order valence-corrected chi connectivity index (χ3v) is 5.94. The Labute approximate surface area is 183 Å². The third kappa shape index (κ3) is 8.49. The van der Waals surface area contributed by atoms with Crippen molar-refractivity contribution in [1.29, 1.82) is 0 Å². The molecule has 0 saturated carbocycles. The number of esters is 2. The summed E-state index contributed by atoms with van der Waals surface area (Å²) in [5, 5.41) is 0. The zero-order chi connectivity index (χ0) is 22.4. The minimum absolute atomic E-state index is 0.325. The van der Waals surface area contributed by atoms with Crippen molar-refractivity contribution < 1.29 is 19.1 Å². The van der Waals surface area contributed by atoms with Gasteiger partial charge < -0.3 is 9.47 Å². The first-order valence-corrected chi connectivity index (χ1v) is 12.0. The number of hydrogen-bond donors (Lipinski definition) is 0. The molecule has 0 N–H and O–H groups in total. The van der Waals surface area contributed by atoms with Gasteiger partial charge in [0.05, 0.1) is 24.3 Å². The van der Waals surface area contributed by atoms with Crippen LogP contribution in [-0.4, -0.2) is 25.2 Å². The fourth-order valence-electron chi connectivity index (χ4n) is 3.64. The van der Waals surface area contributed by atoms with Crippen molar-refractivity contribution in [1.82, 2.24) is 0 Å². The summed E-state index contributed by atoms with van der Waals surface area (Å²) in [6, 6.07) is 5.38. The Morgan fingerprint density at radius 1 is 0.800 bits per heavy atom. The average molecular weight is 419 g/mol. The van der Waals surface area contributed by atoms with Crippen molar-refractivity contribution in [2.45, 2.75) is 92.4 Å². The van der Waals surface area contributed by atoms with E-state index in [9.17, 15) is 9.59 Å². The van der Waals surface area contributed by atoms with Crippen LogP contribution in [0, 0.1) is 11.8 Å². The predicted octanol–water partition coefficient (Wildman–Crippen LogP) is 7.00. The minimum atomic E-state index is -0.426. The normalized spacial score (nSPS) is 13.0. The number of benzene rings is 1. The molecular weight excluding hydrogens is 376 g/mol. The number of unbranched alkanes of at least 4 members (excludes halogenated alkanes) is 2. The van der Waals surface area contributed by atoms with Gasteiger partial charge in [-0.1, -0.05) is 85.3 Å². The van der Waals surface area contributed by atoms with Crippen LogP contribution in [0.3, 0.4) is 0 Å². The molecule has 1 aromatic carbocycles. The van der Waals surface area contributed by atoms with Gasteiger partial charge >= 0.3 is 11.9 Å². The lowest BCUT2D eigenvalue weighted by Crippen LogP contribution is -2.20. The highest BCUT2D eigenvalue weighted by atomic mass is 16.5. The van der Waals surface area contributed by atoms with Gasteiger partial charge in [-0.3, -0.25) is 0 Å². The summed E-state index contributed by atoms with van der Waals surface area (Å²) in [4.78, 5) is 25.8. The first kappa shape index (κ1) is 26.2. The number of carbonyl (C=O) groups is 2. The van der Waals surface area contributed by atoms with Crippen molar-refractivity contribution in [2.24, 2.45) is 11.8 Å². The van der Waals surface area contributed by atoms with Gasteiger partial charge in [-0.2, -0.15) is 0 Å². The average Bonchev–Trinajstić information content (AvgIpc) is 2.78. The van der Waals surface area contributed by atoms with Gasteiger partial charge in [0.15, 0.2) is 0 Å². The molecule has 0 aliphatic rings. The summed E-state index contributed by atoms with van der Waals surface area (Å²) >= 11 is 0. The van der Waals surface area contributed by atoms with E-state index in [0.717, 1.165) is 56.9 Å². The van der Waals surface area contributed by atoms with E-state index in [4.69, 9.17) is 9.47 Å². The number of hydrogen-bond acceptors (Lipinski definition) is 4. The van der Waals surface area contributed by atoms with Crippen LogP contribution < -0.4 is 0 Å². The molecule has 0 radical (unpaired) electrons. The summed E-state index contributed by atoms with van der Waals surface area (Å²) < 4.78 is 11.3. The van der Waals surface area contributed by atoms with Crippen LogP contribution in [0.1, 0.15) is 112 Å². The second-order valence-electron chi connectivity index (χ2n) is 8.22. The smallest absolute Gasteiger partial charge is 0.339 e. The topological polar surface area (TPSA) is 52.6 Å². The molecule has 4 heteroatoms. The molecule has 0 aromatic heterocycles. The lowest BCUT2D eigenvalue weighted by atomic mass is 9.98. The molecule has 0 heterocycles. The molecule has 4 nitrogen and oxygen atoms in total. The second-order valence-corrected chi connectivity index (χ2v) is 8.22. The van der Waals surface area contributed by atoms with Gasteiger partial charge in [0.2, 0.25) is 0 Å². The predicted molar refractivity (Wildman–Crippen MR) is 123 cm³/mol. The maximum Gasteiger partial charge on any atom is 0.339 e. The van der Waals surface area contributed by atoms with Crippen LogP contribution in [0.5, 0.6) is 0 Å². The van der Waals surface area contributed by atoms with Gasteiger partial charge in [-0.05, 0) is 42.7 Å². The molecule has 0 aliphatic carbocycles. The van der Waals surface area contributed by atoms with E-state index in [1.54, 1.807) is 6.07 Å². The fourth-order valence-corrected chi connectivity index (χ4v) is 3.64. The van der Waals surface area contributed by atoms with Crippen LogP contribution in [-0.2, 0) is 15.9 Å². The summed E-state index contributed by atoms with van der Waals surface area (Å²) in [6.07, 6.45) is 9.27. The van der Waals surface area contributed by atoms with E-state index in [0.29, 0.717) is 42.6 Å². The first-order valence-electron chi connectivity index (χ1n) is 12.0. The summed E-state index contributed by atoms with van der Waals surface area (Å²) in [6.45, 7) is 11.4. The molecule has 0 saturated heterocycles. The van der Waals surface area contributed by atoms with Gasteiger partial charge in [-0.15, -0.1) is 0 Å². The van der Waals surface area contributed by atoms with Crippen molar-refractivity contribution in [2.75, 3.05) is 13.2 Å². The largest absolute Gasteiger partial charge is 0.462 e. The Morgan fingerprint density at radius 2 is 1.33 bits per heavy atom. The molecule has 1 rings (SSSR count). The van der Waals surface area contributed by atoms with E-state index in [2.05, 4.69) is 27.7 Å². The van der Waals surface area contributed by atoms with E-state index < -0.39 is 11.9 Å². The highest BCUT2D eigenvalue weighted by Gasteiger charge is 2.24. The SMILES string of the molecule is CCCCC(CC)COC(=O)c1cccc(CC)c1C(=O)OCC(CC)CCCC. The molecule has 0 spiro atoms. The third-order valence-electron chi connectivity index (χ3n) is 5.94. The van der Waals surface area contributed by atoms with Gasteiger partial charge in [0.1, 0.15) is 0 Å². The highest BCUT2D eigenvalue weighted by molar-refractivity contribution is 6.04. The maximum absolute atomic E-state index is 12.9. The molecular formula is C26H42O4. The first-order chi connectivity index (χ1) is 14.5.